The van der Waals surface area contributed by atoms with Crippen LogP contribution in [0.1, 0.15) is 12.7 Å². The van der Waals surface area contributed by atoms with E-state index in [1.165, 1.54) is 24.3 Å². The molecule has 1 aromatic heterocycles. The Labute approximate surface area is 114 Å². The lowest BCUT2D eigenvalue weighted by molar-refractivity contribution is 0.457. The molecule has 0 saturated heterocycles. The number of hydrogen-bond donors (Lipinski definition) is 0. The van der Waals surface area contributed by atoms with Gasteiger partial charge < -0.3 is 4.74 Å². The van der Waals surface area contributed by atoms with Crippen LogP contribution < -0.4 is 4.74 Å². The predicted molar refractivity (Wildman–Crippen MR) is 67.9 cm³/mol. The molecular formula is C12H9Cl2FN2O. The van der Waals surface area contributed by atoms with Crippen LogP contribution in [0.15, 0.2) is 24.3 Å². The number of hydrogen-bond acceptors (Lipinski definition) is 3. The lowest BCUT2D eigenvalue weighted by Gasteiger charge is -2.06. The maximum absolute atomic E-state index is 13.0. The van der Waals surface area contributed by atoms with E-state index < -0.39 is 5.82 Å². The first kappa shape index (κ1) is 13.1. The molecule has 0 aliphatic rings. The normalized spacial score (nSPS) is 10.4. The molecule has 0 atom stereocenters. The molecule has 0 radical (unpaired) electrons. The van der Waals surface area contributed by atoms with Crippen LogP contribution in [0.4, 0.5) is 4.39 Å². The quantitative estimate of drug-likeness (QED) is 0.790. The Hall–Kier alpha value is -1.39. The Morgan fingerprint density at radius 1 is 1.22 bits per heavy atom. The topological polar surface area (TPSA) is 35.0 Å². The maximum Gasteiger partial charge on any atom is 0.224 e. The second-order valence-corrected chi connectivity index (χ2v) is 4.27. The standard InChI is InChI=1S/C12H9Cl2FN2O/c1-2-11-16-10(14)6-12(17-11)18-7-3-4-9(15)8(13)5-7/h3-6H,2H2,1H3. The SMILES string of the molecule is CCc1nc(Cl)cc(Oc2ccc(F)c(Cl)c2)n1. The molecule has 0 aliphatic carbocycles. The number of aromatic nitrogens is 2. The van der Waals surface area contributed by atoms with Crippen LogP contribution in [0.3, 0.4) is 0 Å². The zero-order chi connectivity index (χ0) is 13.1. The zero-order valence-electron chi connectivity index (χ0n) is 9.45. The van der Waals surface area contributed by atoms with Crippen molar-refractivity contribution in [3.63, 3.8) is 0 Å². The summed E-state index contributed by atoms with van der Waals surface area (Å²) in [6.45, 7) is 1.91. The molecule has 0 bridgehead atoms. The van der Waals surface area contributed by atoms with Crippen molar-refractivity contribution < 1.29 is 9.13 Å². The molecule has 6 heteroatoms. The van der Waals surface area contributed by atoms with Gasteiger partial charge in [0, 0.05) is 18.6 Å². The van der Waals surface area contributed by atoms with Crippen LogP contribution in [0, 0.1) is 5.82 Å². The van der Waals surface area contributed by atoms with E-state index in [0.717, 1.165) is 0 Å². The Balaban J connectivity index is 2.27. The van der Waals surface area contributed by atoms with Gasteiger partial charge in [0.25, 0.3) is 0 Å². The van der Waals surface area contributed by atoms with E-state index in [1.807, 2.05) is 6.92 Å². The Kier molecular flexibility index (Phi) is 3.99. The first-order valence-electron chi connectivity index (χ1n) is 5.25. The van der Waals surface area contributed by atoms with Crippen molar-refractivity contribution in [2.45, 2.75) is 13.3 Å². The molecule has 94 valence electrons. The first-order valence-corrected chi connectivity index (χ1v) is 6.00. The van der Waals surface area contributed by atoms with Crippen LogP contribution in [0.2, 0.25) is 10.2 Å². The number of ether oxygens (including phenoxy) is 1. The molecule has 2 rings (SSSR count). The van der Waals surface area contributed by atoms with Crippen molar-refractivity contribution in [2.75, 3.05) is 0 Å². The van der Waals surface area contributed by atoms with E-state index in [2.05, 4.69) is 9.97 Å². The summed E-state index contributed by atoms with van der Waals surface area (Å²) < 4.78 is 18.4. The first-order chi connectivity index (χ1) is 8.58. The van der Waals surface area contributed by atoms with Crippen LogP contribution in [0.25, 0.3) is 0 Å². The van der Waals surface area contributed by atoms with Crippen molar-refractivity contribution >= 4 is 23.2 Å². The number of aryl methyl sites for hydroxylation is 1. The van der Waals surface area contributed by atoms with E-state index >= 15 is 0 Å². The van der Waals surface area contributed by atoms with Gasteiger partial charge in [-0.15, -0.1) is 0 Å². The van der Waals surface area contributed by atoms with Crippen LogP contribution in [-0.4, -0.2) is 9.97 Å². The fourth-order valence-electron chi connectivity index (χ4n) is 1.31. The van der Waals surface area contributed by atoms with Crippen molar-refractivity contribution in [2.24, 2.45) is 0 Å². The van der Waals surface area contributed by atoms with Crippen molar-refractivity contribution in [1.82, 2.24) is 9.97 Å². The van der Waals surface area contributed by atoms with Crippen LogP contribution in [-0.2, 0) is 6.42 Å². The summed E-state index contributed by atoms with van der Waals surface area (Å²) in [4.78, 5) is 8.16. The number of halogens is 3. The van der Waals surface area contributed by atoms with Gasteiger partial charge >= 0.3 is 0 Å². The third-order valence-electron chi connectivity index (χ3n) is 2.15. The van der Waals surface area contributed by atoms with Gasteiger partial charge in [0.2, 0.25) is 5.88 Å². The number of nitrogens with zero attached hydrogens (tertiary/aromatic N) is 2. The van der Waals surface area contributed by atoms with E-state index in [0.29, 0.717) is 29.0 Å². The minimum absolute atomic E-state index is 0.0108. The highest BCUT2D eigenvalue weighted by Gasteiger charge is 2.06. The Bertz CT molecular complexity index is 578. The second-order valence-electron chi connectivity index (χ2n) is 3.48. The summed E-state index contributed by atoms with van der Waals surface area (Å²) in [6.07, 6.45) is 0.640. The molecule has 0 fully saturated rings. The Morgan fingerprint density at radius 2 is 2.00 bits per heavy atom. The summed E-state index contributed by atoms with van der Waals surface area (Å²) >= 11 is 11.5. The van der Waals surface area contributed by atoms with E-state index in [1.54, 1.807) is 0 Å². The van der Waals surface area contributed by atoms with E-state index in [-0.39, 0.29) is 5.02 Å². The fourth-order valence-corrected chi connectivity index (χ4v) is 1.67. The predicted octanol–water partition coefficient (Wildman–Crippen LogP) is 4.28. The van der Waals surface area contributed by atoms with Gasteiger partial charge in [0.1, 0.15) is 22.5 Å². The van der Waals surface area contributed by atoms with Gasteiger partial charge in [-0.2, -0.15) is 4.98 Å². The van der Waals surface area contributed by atoms with Crippen LogP contribution in [0.5, 0.6) is 11.6 Å². The molecule has 0 spiro atoms. The van der Waals surface area contributed by atoms with Gasteiger partial charge in [-0.3, -0.25) is 0 Å². The third-order valence-corrected chi connectivity index (χ3v) is 2.63. The molecule has 2 aromatic rings. The van der Waals surface area contributed by atoms with Crippen LogP contribution >= 0.6 is 23.2 Å². The second kappa shape index (κ2) is 5.50. The molecule has 0 aliphatic heterocycles. The molecule has 3 nitrogen and oxygen atoms in total. The average molecular weight is 287 g/mol. The van der Waals surface area contributed by atoms with Gasteiger partial charge in [0.05, 0.1) is 5.02 Å². The van der Waals surface area contributed by atoms with Gasteiger partial charge in [-0.25, -0.2) is 9.37 Å². The molecule has 1 aromatic carbocycles. The highest BCUT2D eigenvalue weighted by atomic mass is 35.5. The monoisotopic (exact) mass is 286 g/mol. The average Bonchev–Trinajstić information content (AvgIpc) is 2.33. The van der Waals surface area contributed by atoms with E-state index in [9.17, 15) is 4.39 Å². The minimum Gasteiger partial charge on any atom is -0.439 e. The molecule has 0 unspecified atom stereocenters. The summed E-state index contributed by atoms with van der Waals surface area (Å²) in [5.41, 5.74) is 0. The number of benzene rings is 1. The molecule has 18 heavy (non-hydrogen) atoms. The largest absolute Gasteiger partial charge is 0.439 e. The zero-order valence-corrected chi connectivity index (χ0v) is 11.0. The summed E-state index contributed by atoms with van der Waals surface area (Å²) in [5.74, 6) is 0.762. The van der Waals surface area contributed by atoms with Gasteiger partial charge in [-0.05, 0) is 12.1 Å². The van der Waals surface area contributed by atoms with Crippen molar-refractivity contribution in [1.29, 1.82) is 0 Å². The van der Waals surface area contributed by atoms with Gasteiger partial charge in [-0.1, -0.05) is 30.1 Å². The minimum atomic E-state index is -0.501. The van der Waals surface area contributed by atoms with Gasteiger partial charge in [0.15, 0.2) is 0 Å². The smallest absolute Gasteiger partial charge is 0.224 e. The summed E-state index contributed by atoms with van der Waals surface area (Å²) in [7, 11) is 0. The molecule has 1 heterocycles. The molecule has 0 saturated carbocycles. The summed E-state index contributed by atoms with van der Waals surface area (Å²) in [5, 5.41) is 0.286. The molecule has 0 N–H and O–H groups in total. The highest BCUT2D eigenvalue weighted by Crippen LogP contribution is 2.26. The fraction of sp³-hybridized carbons (Fsp3) is 0.167. The molecular weight excluding hydrogens is 278 g/mol. The lowest BCUT2D eigenvalue weighted by atomic mass is 10.3. The highest BCUT2D eigenvalue weighted by molar-refractivity contribution is 6.30. The number of rotatable bonds is 3. The van der Waals surface area contributed by atoms with E-state index in [4.69, 9.17) is 27.9 Å². The van der Waals surface area contributed by atoms with Crippen molar-refractivity contribution in [3.8, 4) is 11.6 Å². The summed E-state index contributed by atoms with van der Waals surface area (Å²) in [6, 6.07) is 5.54. The third kappa shape index (κ3) is 3.09. The molecule has 0 amide bonds. The lowest BCUT2D eigenvalue weighted by Crippen LogP contribution is -1.96. The van der Waals surface area contributed by atoms with Crippen molar-refractivity contribution in [3.05, 3.63) is 46.1 Å². The Morgan fingerprint density at radius 3 is 2.67 bits per heavy atom. The maximum atomic E-state index is 13.0.